The third-order valence-corrected chi connectivity index (χ3v) is 2.53. The fraction of sp³-hybridized carbons (Fsp3) is 0. The van der Waals surface area contributed by atoms with Gasteiger partial charge in [0.25, 0.3) is 0 Å². The lowest BCUT2D eigenvalue weighted by molar-refractivity contribution is -0.111. The Labute approximate surface area is 105 Å². The van der Waals surface area contributed by atoms with Crippen LogP contribution in [0.1, 0.15) is 0 Å². The highest BCUT2D eigenvalue weighted by molar-refractivity contribution is 5.99. The highest BCUT2D eigenvalue weighted by atomic mass is 16.3. The lowest BCUT2D eigenvalue weighted by atomic mass is 10.0. The van der Waals surface area contributed by atoms with Crippen LogP contribution in [-0.4, -0.2) is 11.0 Å². The molecule has 0 aromatic heterocycles. The Kier molecular flexibility index (Phi) is 3.44. The predicted octanol–water partition coefficient (Wildman–Crippen LogP) is 3.18. The number of phenolic OH excluding ortho intramolecular Hbond substituents is 1. The van der Waals surface area contributed by atoms with E-state index in [-0.39, 0.29) is 11.7 Å². The summed E-state index contributed by atoms with van der Waals surface area (Å²) in [5.41, 5.74) is 2.19. The molecule has 0 saturated carbocycles. The summed E-state index contributed by atoms with van der Waals surface area (Å²) in [7, 11) is 0. The van der Waals surface area contributed by atoms with Crippen molar-refractivity contribution in [3.63, 3.8) is 0 Å². The quantitative estimate of drug-likeness (QED) is 0.638. The van der Waals surface area contributed by atoms with E-state index in [1.54, 1.807) is 18.2 Å². The second-order valence-electron chi connectivity index (χ2n) is 3.79. The van der Waals surface area contributed by atoms with Gasteiger partial charge in [-0.3, -0.25) is 4.79 Å². The molecule has 0 saturated heterocycles. The van der Waals surface area contributed by atoms with E-state index in [0.717, 1.165) is 5.56 Å². The van der Waals surface area contributed by atoms with Gasteiger partial charge in [0.2, 0.25) is 5.91 Å². The van der Waals surface area contributed by atoms with Crippen LogP contribution >= 0.6 is 0 Å². The van der Waals surface area contributed by atoms with Crippen LogP contribution in [0.2, 0.25) is 0 Å². The van der Waals surface area contributed by atoms with E-state index in [4.69, 9.17) is 0 Å². The third-order valence-electron chi connectivity index (χ3n) is 2.53. The summed E-state index contributed by atoms with van der Waals surface area (Å²) in [5.74, 6) is -0.0995. The van der Waals surface area contributed by atoms with E-state index in [1.807, 2.05) is 30.3 Å². The summed E-state index contributed by atoms with van der Waals surface area (Å²) in [6.45, 7) is 3.39. The molecule has 2 N–H and O–H groups in total. The van der Waals surface area contributed by atoms with E-state index in [9.17, 15) is 9.90 Å². The van der Waals surface area contributed by atoms with Gasteiger partial charge in [-0.1, -0.05) is 36.9 Å². The molecular formula is C15H13NO2. The van der Waals surface area contributed by atoms with Crippen LogP contribution in [-0.2, 0) is 4.79 Å². The van der Waals surface area contributed by atoms with Crippen molar-refractivity contribution in [3.8, 4) is 16.9 Å². The standard InChI is InChI=1S/C15H13NO2/c1-2-15(18)16-12-8-9-14(17)13(10-12)11-6-4-3-5-7-11/h2-10,17H,1H2,(H,16,18). The molecular weight excluding hydrogens is 226 g/mol. The van der Waals surface area contributed by atoms with E-state index in [2.05, 4.69) is 11.9 Å². The number of rotatable bonds is 3. The molecule has 2 aromatic carbocycles. The zero-order chi connectivity index (χ0) is 13.0. The van der Waals surface area contributed by atoms with Gasteiger partial charge in [0.05, 0.1) is 0 Å². The first-order chi connectivity index (χ1) is 8.70. The summed E-state index contributed by atoms with van der Waals surface area (Å²) in [6, 6.07) is 14.4. The average molecular weight is 239 g/mol. The first-order valence-electron chi connectivity index (χ1n) is 5.52. The number of nitrogens with one attached hydrogen (secondary N) is 1. The van der Waals surface area contributed by atoms with Gasteiger partial charge in [0.1, 0.15) is 5.75 Å². The van der Waals surface area contributed by atoms with Crippen molar-refractivity contribution in [1.29, 1.82) is 0 Å². The van der Waals surface area contributed by atoms with Gasteiger partial charge < -0.3 is 10.4 Å². The Morgan fingerprint density at radius 3 is 2.56 bits per heavy atom. The summed E-state index contributed by atoms with van der Waals surface area (Å²) >= 11 is 0. The maximum Gasteiger partial charge on any atom is 0.247 e. The normalized spacial score (nSPS) is 9.78. The van der Waals surface area contributed by atoms with Crippen LogP contribution in [0.3, 0.4) is 0 Å². The van der Waals surface area contributed by atoms with Crippen LogP contribution in [0.5, 0.6) is 5.75 Å². The van der Waals surface area contributed by atoms with Crippen LogP contribution in [0, 0.1) is 0 Å². The molecule has 18 heavy (non-hydrogen) atoms. The fourth-order valence-electron chi connectivity index (χ4n) is 1.66. The van der Waals surface area contributed by atoms with Crippen LogP contribution in [0.4, 0.5) is 5.69 Å². The van der Waals surface area contributed by atoms with Crippen LogP contribution in [0.15, 0.2) is 61.2 Å². The van der Waals surface area contributed by atoms with Crippen molar-refractivity contribution in [1.82, 2.24) is 0 Å². The topological polar surface area (TPSA) is 49.3 Å². The average Bonchev–Trinajstić information content (AvgIpc) is 2.42. The molecule has 0 atom stereocenters. The molecule has 2 aromatic rings. The smallest absolute Gasteiger partial charge is 0.247 e. The number of anilines is 1. The summed E-state index contributed by atoms with van der Waals surface area (Å²) in [5, 5.41) is 12.5. The molecule has 0 aliphatic heterocycles. The second kappa shape index (κ2) is 5.19. The Morgan fingerprint density at radius 1 is 1.17 bits per heavy atom. The van der Waals surface area contributed by atoms with E-state index >= 15 is 0 Å². The SMILES string of the molecule is C=CC(=O)Nc1ccc(O)c(-c2ccccc2)c1. The monoisotopic (exact) mass is 239 g/mol. The van der Waals surface area contributed by atoms with Gasteiger partial charge in [-0.05, 0) is 29.8 Å². The molecule has 1 amide bonds. The predicted molar refractivity (Wildman–Crippen MR) is 72.4 cm³/mol. The Hall–Kier alpha value is -2.55. The molecule has 0 bridgehead atoms. The number of hydrogen-bond donors (Lipinski definition) is 2. The molecule has 2 rings (SSSR count). The van der Waals surface area contributed by atoms with Gasteiger partial charge in [-0.15, -0.1) is 0 Å². The first kappa shape index (κ1) is 11.9. The zero-order valence-electron chi connectivity index (χ0n) is 9.76. The molecule has 0 aliphatic carbocycles. The molecule has 0 heterocycles. The number of phenols is 1. The molecule has 3 nitrogen and oxygen atoms in total. The third kappa shape index (κ3) is 2.58. The minimum absolute atomic E-state index is 0.179. The van der Waals surface area contributed by atoms with Crippen molar-refractivity contribution >= 4 is 11.6 Å². The molecule has 0 unspecified atom stereocenters. The number of carbonyl (C=O) groups is 1. The number of carbonyl (C=O) groups excluding carboxylic acids is 1. The van der Waals surface area contributed by atoms with Gasteiger partial charge in [0, 0.05) is 11.3 Å². The highest BCUT2D eigenvalue weighted by Crippen LogP contribution is 2.31. The van der Waals surface area contributed by atoms with Gasteiger partial charge >= 0.3 is 0 Å². The van der Waals surface area contributed by atoms with Gasteiger partial charge in [0.15, 0.2) is 0 Å². The summed E-state index contributed by atoms with van der Waals surface area (Å²) in [4.78, 5) is 11.2. The lowest BCUT2D eigenvalue weighted by Gasteiger charge is -2.08. The lowest BCUT2D eigenvalue weighted by Crippen LogP contribution is -2.07. The second-order valence-corrected chi connectivity index (χ2v) is 3.79. The largest absolute Gasteiger partial charge is 0.507 e. The van der Waals surface area contributed by atoms with E-state index in [1.165, 1.54) is 6.08 Å². The zero-order valence-corrected chi connectivity index (χ0v) is 9.76. The fourth-order valence-corrected chi connectivity index (χ4v) is 1.66. The Bertz CT molecular complexity index is 576. The maximum absolute atomic E-state index is 11.2. The summed E-state index contributed by atoms with van der Waals surface area (Å²) in [6.07, 6.45) is 1.20. The van der Waals surface area contributed by atoms with Crippen molar-refractivity contribution < 1.29 is 9.90 Å². The maximum atomic E-state index is 11.2. The van der Waals surface area contributed by atoms with E-state index < -0.39 is 0 Å². The highest BCUT2D eigenvalue weighted by Gasteiger charge is 2.06. The number of aromatic hydroxyl groups is 1. The molecule has 0 spiro atoms. The molecule has 3 heteroatoms. The number of amides is 1. The minimum atomic E-state index is -0.278. The van der Waals surface area contributed by atoms with Gasteiger partial charge in [-0.25, -0.2) is 0 Å². The van der Waals surface area contributed by atoms with Gasteiger partial charge in [-0.2, -0.15) is 0 Å². The Balaban J connectivity index is 2.39. The van der Waals surface area contributed by atoms with Crippen molar-refractivity contribution in [2.24, 2.45) is 0 Å². The van der Waals surface area contributed by atoms with Crippen molar-refractivity contribution in [2.75, 3.05) is 5.32 Å². The molecule has 0 fully saturated rings. The van der Waals surface area contributed by atoms with Crippen LogP contribution < -0.4 is 5.32 Å². The molecule has 0 aliphatic rings. The minimum Gasteiger partial charge on any atom is -0.507 e. The first-order valence-corrected chi connectivity index (χ1v) is 5.52. The Morgan fingerprint density at radius 2 is 1.89 bits per heavy atom. The van der Waals surface area contributed by atoms with E-state index in [0.29, 0.717) is 11.3 Å². The number of hydrogen-bond acceptors (Lipinski definition) is 2. The van der Waals surface area contributed by atoms with Crippen molar-refractivity contribution in [3.05, 3.63) is 61.2 Å². The van der Waals surface area contributed by atoms with Crippen LogP contribution in [0.25, 0.3) is 11.1 Å². The number of benzene rings is 2. The van der Waals surface area contributed by atoms with Crippen molar-refractivity contribution in [2.45, 2.75) is 0 Å². The summed E-state index contributed by atoms with van der Waals surface area (Å²) < 4.78 is 0. The molecule has 0 radical (unpaired) electrons. The molecule has 90 valence electrons.